The fourth-order valence-electron chi connectivity index (χ4n) is 3.63. The summed E-state index contributed by atoms with van der Waals surface area (Å²) in [6.45, 7) is 3.67. The van der Waals surface area contributed by atoms with Gasteiger partial charge in [-0.3, -0.25) is 14.7 Å². The number of nitrogens with zero attached hydrogens (tertiary/aromatic N) is 3. The van der Waals surface area contributed by atoms with Crippen molar-refractivity contribution < 1.29 is 14.5 Å². The summed E-state index contributed by atoms with van der Waals surface area (Å²) in [4.78, 5) is 27.9. The van der Waals surface area contributed by atoms with Crippen molar-refractivity contribution in [1.82, 2.24) is 9.55 Å². The van der Waals surface area contributed by atoms with E-state index in [9.17, 15) is 14.9 Å². The number of carbonyl (C=O) groups excluding carboxylic acids is 1. The minimum absolute atomic E-state index is 0.0365. The summed E-state index contributed by atoms with van der Waals surface area (Å²) in [5.74, 6) is 0.637. The number of aromatic nitrogens is 2. The molecule has 1 fully saturated rings. The summed E-state index contributed by atoms with van der Waals surface area (Å²) in [5.41, 5.74) is 1.20. The summed E-state index contributed by atoms with van der Waals surface area (Å²) in [7, 11) is 0. The first-order chi connectivity index (χ1) is 12.5. The Morgan fingerprint density at radius 3 is 2.73 bits per heavy atom. The van der Waals surface area contributed by atoms with Crippen LogP contribution in [0.15, 0.2) is 24.5 Å². The fourth-order valence-corrected chi connectivity index (χ4v) is 3.63. The van der Waals surface area contributed by atoms with Crippen LogP contribution in [0, 0.1) is 17.0 Å². The minimum Gasteiger partial charge on any atom is -0.462 e. The molecule has 0 amide bonds. The van der Waals surface area contributed by atoms with E-state index in [1.807, 2.05) is 0 Å². The molecule has 7 heteroatoms. The second-order valence-electron chi connectivity index (χ2n) is 6.62. The lowest BCUT2D eigenvalue weighted by molar-refractivity contribution is -0.384. The average molecular weight is 357 g/mol. The van der Waals surface area contributed by atoms with E-state index in [2.05, 4.69) is 4.98 Å². The molecular weight excluding hydrogens is 334 g/mol. The van der Waals surface area contributed by atoms with E-state index in [0.717, 1.165) is 31.5 Å². The maximum absolute atomic E-state index is 12.2. The summed E-state index contributed by atoms with van der Waals surface area (Å²) in [6.07, 6.45) is 8.95. The quantitative estimate of drug-likeness (QED) is 0.452. The van der Waals surface area contributed by atoms with E-state index in [0.29, 0.717) is 16.8 Å². The molecule has 0 saturated heterocycles. The highest BCUT2D eigenvalue weighted by atomic mass is 16.6. The van der Waals surface area contributed by atoms with Crippen LogP contribution in [0.25, 0.3) is 5.69 Å². The number of esters is 1. The van der Waals surface area contributed by atoms with Gasteiger partial charge >= 0.3 is 5.97 Å². The number of hydrogen-bond donors (Lipinski definition) is 0. The molecular formula is C19H23N3O4. The highest BCUT2D eigenvalue weighted by molar-refractivity contribution is 5.92. The van der Waals surface area contributed by atoms with Crippen molar-refractivity contribution in [2.75, 3.05) is 6.61 Å². The molecule has 1 aliphatic rings. The van der Waals surface area contributed by atoms with Gasteiger partial charge in [0.2, 0.25) is 0 Å². The molecule has 1 aliphatic carbocycles. The Balaban J connectivity index is 2.11. The van der Waals surface area contributed by atoms with Gasteiger partial charge < -0.3 is 4.74 Å². The van der Waals surface area contributed by atoms with Crippen molar-refractivity contribution in [3.8, 4) is 5.69 Å². The lowest BCUT2D eigenvalue weighted by Crippen LogP contribution is -2.14. The highest BCUT2D eigenvalue weighted by Gasteiger charge is 2.26. The number of benzene rings is 1. The molecule has 1 heterocycles. The van der Waals surface area contributed by atoms with Crippen molar-refractivity contribution in [3.63, 3.8) is 0 Å². The van der Waals surface area contributed by atoms with E-state index < -0.39 is 10.9 Å². The molecule has 0 bridgehead atoms. The molecule has 0 spiro atoms. The van der Waals surface area contributed by atoms with Crippen LogP contribution in [-0.2, 0) is 4.74 Å². The second kappa shape index (κ2) is 7.68. The highest BCUT2D eigenvalue weighted by Crippen LogP contribution is 2.35. The molecule has 0 unspecified atom stereocenters. The summed E-state index contributed by atoms with van der Waals surface area (Å²) in [6, 6.07) is 2.99. The molecule has 1 aromatic heterocycles. The van der Waals surface area contributed by atoms with Crippen LogP contribution < -0.4 is 0 Å². The maximum atomic E-state index is 12.2. The molecule has 0 atom stereocenters. The maximum Gasteiger partial charge on any atom is 0.338 e. The Labute approximate surface area is 152 Å². The molecule has 7 nitrogen and oxygen atoms in total. The third-order valence-electron chi connectivity index (χ3n) is 4.91. The van der Waals surface area contributed by atoms with Gasteiger partial charge in [0.05, 0.1) is 17.1 Å². The van der Waals surface area contributed by atoms with Crippen molar-refractivity contribution in [2.24, 2.45) is 0 Å². The van der Waals surface area contributed by atoms with E-state index in [1.54, 1.807) is 36.9 Å². The number of nitro groups is 1. The Kier molecular flexibility index (Phi) is 5.35. The summed E-state index contributed by atoms with van der Waals surface area (Å²) >= 11 is 0. The predicted molar refractivity (Wildman–Crippen MR) is 96.7 cm³/mol. The Morgan fingerprint density at radius 1 is 1.35 bits per heavy atom. The van der Waals surface area contributed by atoms with Crippen LogP contribution in [0.5, 0.6) is 0 Å². The monoisotopic (exact) mass is 357 g/mol. The van der Waals surface area contributed by atoms with E-state index >= 15 is 0 Å². The van der Waals surface area contributed by atoms with Gasteiger partial charge in [0.25, 0.3) is 5.69 Å². The molecule has 1 saturated carbocycles. The number of aryl methyl sites for hydroxylation is 1. The SMILES string of the molecule is CCOC(=O)c1cc(-n2ccnc2C2CCCCC2)c([N+](=O)[O-])cc1C. The van der Waals surface area contributed by atoms with Gasteiger partial charge in [-0.2, -0.15) is 0 Å². The van der Waals surface area contributed by atoms with Gasteiger partial charge in [-0.25, -0.2) is 9.78 Å². The first kappa shape index (κ1) is 18.1. The lowest BCUT2D eigenvalue weighted by Gasteiger charge is -2.22. The average Bonchev–Trinajstić information content (AvgIpc) is 3.12. The third kappa shape index (κ3) is 3.47. The van der Waals surface area contributed by atoms with Crippen LogP contribution in [0.3, 0.4) is 0 Å². The van der Waals surface area contributed by atoms with Gasteiger partial charge in [-0.1, -0.05) is 19.3 Å². The molecule has 138 valence electrons. The first-order valence-corrected chi connectivity index (χ1v) is 9.02. The Morgan fingerprint density at radius 2 is 2.08 bits per heavy atom. The Hall–Kier alpha value is -2.70. The van der Waals surface area contributed by atoms with Gasteiger partial charge in [-0.05, 0) is 38.3 Å². The molecule has 0 N–H and O–H groups in total. The zero-order valence-corrected chi connectivity index (χ0v) is 15.1. The Bertz CT molecular complexity index is 822. The van der Waals surface area contributed by atoms with E-state index in [4.69, 9.17) is 4.74 Å². The van der Waals surface area contributed by atoms with Gasteiger partial charge in [-0.15, -0.1) is 0 Å². The number of ether oxygens (including phenoxy) is 1. The number of nitro benzene ring substituents is 1. The first-order valence-electron chi connectivity index (χ1n) is 9.02. The van der Waals surface area contributed by atoms with Crippen LogP contribution in [-0.4, -0.2) is 27.1 Å². The van der Waals surface area contributed by atoms with Crippen LogP contribution >= 0.6 is 0 Å². The van der Waals surface area contributed by atoms with Crippen molar-refractivity contribution in [1.29, 1.82) is 0 Å². The van der Waals surface area contributed by atoms with Crippen LogP contribution in [0.1, 0.15) is 66.7 Å². The van der Waals surface area contributed by atoms with Gasteiger partial charge in [0.15, 0.2) is 0 Å². The third-order valence-corrected chi connectivity index (χ3v) is 4.91. The molecule has 0 radical (unpaired) electrons. The van der Waals surface area contributed by atoms with E-state index in [1.165, 1.54) is 12.5 Å². The van der Waals surface area contributed by atoms with Crippen LogP contribution in [0.4, 0.5) is 5.69 Å². The normalized spacial score (nSPS) is 15.0. The number of hydrogen-bond acceptors (Lipinski definition) is 5. The largest absolute Gasteiger partial charge is 0.462 e. The summed E-state index contributed by atoms with van der Waals surface area (Å²) in [5, 5.41) is 11.6. The van der Waals surface area contributed by atoms with E-state index in [-0.39, 0.29) is 18.2 Å². The zero-order chi connectivity index (χ0) is 18.7. The smallest absolute Gasteiger partial charge is 0.338 e. The molecule has 1 aromatic carbocycles. The topological polar surface area (TPSA) is 87.3 Å². The zero-order valence-electron chi connectivity index (χ0n) is 15.1. The lowest BCUT2D eigenvalue weighted by atomic mass is 9.88. The molecule has 26 heavy (non-hydrogen) atoms. The fraction of sp³-hybridized carbons (Fsp3) is 0.474. The standard InChI is InChI=1S/C19H23N3O4/c1-3-26-19(23)15-12-16(17(22(24)25)11-13(15)2)21-10-9-20-18(21)14-7-5-4-6-8-14/h9-12,14H,3-8H2,1-2H3. The van der Waals surface area contributed by atoms with Gasteiger partial charge in [0.1, 0.15) is 11.5 Å². The molecule has 0 aliphatic heterocycles. The van der Waals surface area contributed by atoms with Crippen molar-refractivity contribution >= 4 is 11.7 Å². The second-order valence-corrected chi connectivity index (χ2v) is 6.62. The molecule has 3 rings (SSSR count). The van der Waals surface area contributed by atoms with Gasteiger partial charge in [0, 0.05) is 24.4 Å². The number of imidazole rings is 1. The minimum atomic E-state index is -0.472. The summed E-state index contributed by atoms with van der Waals surface area (Å²) < 4.78 is 6.85. The molecule has 2 aromatic rings. The number of rotatable bonds is 5. The van der Waals surface area contributed by atoms with Crippen molar-refractivity contribution in [3.05, 3.63) is 51.6 Å². The van der Waals surface area contributed by atoms with Crippen LogP contribution in [0.2, 0.25) is 0 Å². The predicted octanol–water partition coefficient (Wildman–Crippen LogP) is 4.31. The number of carbonyl (C=O) groups is 1. The van der Waals surface area contributed by atoms with Crippen molar-refractivity contribution in [2.45, 2.75) is 51.9 Å².